The zero-order chi connectivity index (χ0) is 21.1. The molecule has 0 aliphatic heterocycles. The third-order valence-corrected chi connectivity index (χ3v) is 5.83. The van der Waals surface area contributed by atoms with Crippen molar-refractivity contribution in [1.29, 1.82) is 0 Å². The molecule has 0 N–H and O–H groups in total. The highest BCUT2D eigenvalue weighted by atomic mass is 19.1. The summed E-state index contributed by atoms with van der Waals surface area (Å²) in [5, 5.41) is 4.07. The monoisotopic (exact) mass is 416 g/mol. The molecular weight excluding hydrogens is 399 g/mol. The van der Waals surface area contributed by atoms with Crippen molar-refractivity contribution in [1.82, 2.24) is 29.1 Å². The van der Waals surface area contributed by atoms with Gasteiger partial charge in [0.05, 0.1) is 23.3 Å². The summed E-state index contributed by atoms with van der Waals surface area (Å²) in [6.45, 7) is 2.32. The van der Waals surface area contributed by atoms with Crippen molar-refractivity contribution in [2.24, 2.45) is 5.92 Å². The molecule has 1 aliphatic carbocycles. The average Bonchev–Trinajstić information content (AvgIpc) is 3.17. The van der Waals surface area contributed by atoms with Crippen LogP contribution in [0, 0.1) is 11.7 Å². The van der Waals surface area contributed by atoms with Gasteiger partial charge < -0.3 is 4.52 Å². The summed E-state index contributed by atoms with van der Waals surface area (Å²) < 4.78 is 22.7. The smallest absolute Gasteiger partial charge is 0.278 e. The molecule has 0 radical (unpaired) electrons. The molecule has 6 rings (SSSR count). The Hall–Kier alpha value is -3.88. The van der Waals surface area contributed by atoms with E-state index in [9.17, 15) is 9.18 Å². The first-order valence-electron chi connectivity index (χ1n) is 10.0. The number of hydrogen-bond acceptors (Lipinski definition) is 6. The van der Waals surface area contributed by atoms with Gasteiger partial charge in [0.15, 0.2) is 0 Å². The molecule has 0 spiro atoms. The number of nitrogens with zero attached hydrogens (tertiary/aromatic N) is 6. The lowest BCUT2D eigenvalue weighted by atomic mass is 10.2. The quantitative estimate of drug-likeness (QED) is 0.446. The minimum atomic E-state index is -0.428. The number of pyridine rings is 1. The fourth-order valence-corrected chi connectivity index (χ4v) is 4.01. The molecule has 1 saturated carbocycles. The van der Waals surface area contributed by atoms with Gasteiger partial charge in [-0.2, -0.15) is 4.98 Å². The van der Waals surface area contributed by atoms with Crippen LogP contribution in [0.5, 0.6) is 0 Å². The predicted octanol–water partition coefficient (Wildman–Crippen LogP) is 3.41. The van der Waals surface area contributed by atoms with E-state index in [4.69, 9.17) is 4.52 Å². The second kappa shape index (κ2) is 6.56. The predicted molar refractivity (Wildman–Crippen MR) is 110 cm³/mol. The molecule has 4 aromatic heterocycles. The van der Waals surface area contributed by atoms with E-state index >= 15 is 0 Å². The topological polar surface area (TPSA) is 91.1 Å². The van der Waals surface area contributed by atoms with Crippen LogP contribution < -0.4 is 5.56 Å². The summed E-state index contributed by atoms with van der Waals surface area (Å²) in [5.74, 6) is 1.20. The Morgan fingerprint density at radius 1 is 1.19 bits per heavy atom. The number of halogens is 1. The molecule has 8 nitrogen and oxygen atoms in total. The van der Waals surface area contributed by atoms with E-state index in [0.717, 1.165) is 6.42 Å². The molecule has 1 aliphatic rings. The first-order valence-corrected chi connectivity index (χ1v) is 10.0. The van der Waals surface area contributed by atoms with Gasteiger partial charge in [0.2, 0.25) is 11.7 Å². The van der Waals surface area contributed by atoms with Crippen molar-refractivity contribution in [3.05, 3.63) is 76.7 Å². The van der Waals surface area contributed by atoms with Gasteiger partial charge in [-0.3, -0.25) is 18.7 Å². The summed E-state index contributed by atoms with van der Waals surface area (Å²) in [5.41, 5.74) is 2.10. The molecule has 9 heteroatoms. The third kappa shape index (κ3) is 2.84. The molecule has 154 valence electrons. The maximum Gasteiger partial charge on any atom is 0.278 e. The Morgan fingerprint density at radius 2 is 2.06 bits per heavy atom. The van der Waals surface area contributed by atoms with Gasteiger partial charge in [0.25, 0.3) is 5.56 Å². The molecule has 2 atom stereocenters. The van der Waals surface area contributed by atoms with E-state index in [0.29, 0.717) is 39.7 Å². The Labute approximate surface area is 175 Å². The lowest BCUT2D eigenvalue weighted by molar-refractivity contribution is 0.376. The van der Waals surface area contributed by atoms with Crippen LogP contribution in [0.4, 0.5) is 4.39 Å². The van der Waals surface area contributed by atoms with Gasteiger partial charge in [0.1, 0.15) is 23.4 Å². The number of fused-ring (bicyclic) bond motifs is 3. The van der Waals surface area contributed by atoms with E-state index in [2.05, 4.69) is 27.0 Å². The van der Waals surface area contributed by atoms with Crippen LogP contribution in [0.1, 0.15) is 30.8 Å². The second-order valence-electron chi connectivity index (χ2n) is 7.93. The maximum atomic E-state index is 14.1. The first kappa shape index (κ1) is 17.9. The maximum absolute atomic E-state index is 14.1. The van der Waals surface area contributed by atoms with Crippen LogP contribution in [0.2, 0.25) is 0 Å². The fraction of sp³-hybridized carbons (Fsp3) is 0.227. The summed E-state index contributed by atoms with van der Waals surface area (Å²) in [6.07, 6.45) is 4.21. The lowest BCUT2D eigenvalue weighted by Gasteiger charge is -2.12. The Kier molecular flexibility index (Phi) is 3.80. The molecule has 0 bridgehead atoms. The lowest BCUT2D eigenvalue weighted by Crippen LogP contribution is -2.24. The van der Waals surface area contributed by atoms with Gasteiger partial charge in [-0.25, -0.2) is 9.37 Å². The minimum Gasteiger partial charge on any atom is -0.339 e. The Bertz CT molecular complexity index is 1500. The summed E-state index contributed by atoms with van der Waals surface area (Å²) in [7, 11) is 0. The molecule has 4 heterocycles. The van der Waals surface area contributed by atoms with E-state index in [1.165, 1.54) is 23.0 Å². The van der Waals surface area contributed by atoms with E-state index in [-0.39, 0.29) is 23.8 Å². The molecule has 0 saturated heterocycles. The van der Waals surface area contributed by atoms with Crippen LogP contribution in [-0.4, -0.2) is 29.1 Å². The molecular formula is C22H17FN6O2. The van der Waals surface area contributed by atoms with Gasteiger partial charge in [-0.05, 0) is 42.7 Å². The molecule has 31 heavy (non-hydrogen) atoms. The van der Waals surface area contributed by atoms with Crippen molar-refractivity contribution in [2.75, 3.05) is 0 Å². The van der Waals surface area contributed by atoms with Crippen molar-refractivity contribution >= 4 is 16.6 Å². The Balaban J connectivity index is 1.60. The molecule has 5 aromatic rings. The number of hydrogen-bond donors (Lipinski definition) is 0. The van der Waals surface area contributed by atoms with Crippen LogP contribution in [-0.2, 0) is 6.54 Å². The van der Waals surface area contributed by atoms with Crippen LogP contribution in [0.25, 0.3) is 28.1 Å². The molecule has 1 fully saturated rings. The van der Waals surface area contributed by atoms with Crippen LogP contribution >= 0.6 is 0 Å². The number of imidazole rings is 1. The molecule has 0 amide bonds. The van der Waals surface area contributed by atoms with Gasteiger partial charge in [-0.15, -0.1) is 0 Å². The van der Waals surface area contributed by atoms with Crippen LogP contribution in [0.15, 0.2) is 58.2 Å². The highest BCUT2D eigenvalue weighted by Gasteiger charge is 2.39. The van der Waals surface area contributed by atoms with Gasteiger partial charge in [0, 0.05) is 12.1 Å². The van der Waals surface area contributed by atoms with E-state index in [1.807, 2.05) is 12.1 Å². The fourth-order valence-electron chi connectivity index (χ4n) is 4.01. The number of aromatic nitrogens is 6. The Morgan fingerprint density at radius 3 is 2.84 bits per heavy atom. The van der Waals surface area contributed by atoms with Crippen molar-refractivity contribution < 1.29 is 8.91 Å². The summed E-state index contributed by atoms with van der Waals surface area (Å²) >= 11 is 0. The summed E-state index contributed by atoms with van der Waals surface area (Å²) in [6, 6.07) is 9.81. The molecule has 2 unspecified atom stereocenters. The second-order valence-corrected chi connectivity index (χ2v) is 7.93. The SMILES string of the molecule is CC1CC1c1nc(-c2ncn3c2c(=O)n(Cc2ccccn2)c2cc(F)ccc23)no1. The zero-order valence-electron chi connectivity index (χ0n) is 16.6. The standard InChI is InChI=1S/C22H17FN6O2/c1-12-8-15(12)21-26-20(27-31-21)18-19-22(30)28(10-14-4-2-3-7-24-14)17-9-13(23)5-6-16(17)29(19)11-25-18/h2-7,9,11-12,15H,8,10H2,1H3. The average molecular weight is 416 g/mol. The van der Waals surface area contributed by atoms with Crippen molar-refractivity contribution in [2.45, 2.75) is 25.8 Å². The number of benzene rings is 1. The highest BCUT2D eigenvalue weighted by molar-refractivity contribution is 5.83. The minimum absolute atomic E-state index is 0.192. The summed E-state index contributed by atoms with van der Waals surface area (Å²) in [4.78, 5) is 26.8. The van der Waals surface area contributed by atoms with Crippen LogP contribution in [0.3, 0.4) is 0 Å². The normalized spacial score (nSPS) is 18.1. The first-order chi connectivity index (χ1) is 15.1. The van der Waals surface area contributed by atoms with Gasteiger partial charge >= 0.3 is 0 Å². The molecule has 1 aromatic carbocycles. The van der Waals surface area contributed by atoms with Crippen molar-refractivity contribution in [3.8, 4) is 11.5 Å². The van der Waals surface area contributed by atoms with E-state index < -0.39 is 5.82 Å². The highest BCUT2D eigenvalue weighted by Crippen LogP contribution is 2.46. The van der Waals surface area contributed by atoms with Crippen molar-refractivity contribution in [3.63, 3.8) is 0 Å². The zero-order valence-corrected chi connectivity index (χ0v) is 16.6. The largest absolute Gasteiger partial charge is 0.339 e. The van der Waals surface area contributed by atoms with Gasteiger partial charge in [-0.1, -0.05) is 18.1 Å². The third-order valence-electron chi connectivity index (χ3n) is 5.83. The number of rotatable bonds is 4. The van der Waals surface area contributed by atoms with E-state index in [1.54, 1.807) is 22.7 Å².